The van der Waals surface area contributed by atoms with E-state index < -0.39 is 12.0 Å². The molecule has 3 N–H and O–H groups in total. The lowest BCUT2D eigenvalue weighted by Crippen LogP contribution is -2.37. The van der Waals surface area contributed by atoms with Crippen LogP contribution in [-0.2, 0) is 14.3 Å². The van der Waals surface area contributed by atoms with Crippen molar-refractivity contribution in [3.63, 3.8) is 0 Å². The third-order valence-corrected chi connectivity index (χ3v) is 19.7. The number of halogens is 1. The van der Waals surface area contributed by atoms with E-state index in [2.05, 4.69) is 64.7 Å². The number of piperidine rings is 3. The summed E-state index contributed by atoms with van der Waals surface area (Å²) in [7, 11) is 0. The van der Waals surface area contributed by atoms with Gasteiger partial charge in [-0.15, -0.1) is 0 Å². The smallest absolute Gasteiger partial charge is 0.305 e. The lowest BCUT2D eigenvalue weighted by molar-refractivity contribution is -0.143. The average molecular weight is 1420 g/mol. The van der Waals surface area contributed by atoms with E-state index in [0.717, 1.165) is 146 Å². The maximum atomic E-state index is 13.6. The number of likely N-dealkylation sites (tertiary alicyclic amines) is 3. The largest absolute Gasteiger partial charge is 0.466 e. The Kier molecular flexibility index (Phi) is 23.7. The summed E-state index contributed by atoms with van der Waals surface area (Å²) in [6.07, 6.45) is 20.4. The number of carbonyl (C=O) groups excluding carboxylic acids is 5. The predicted octanol–water partition coefficient (Wildman–Crippen LogP) is 14.5. The molecule has 1 atom stereocenters. The number of nitrogens with zero attached hydrogens (tertiary/aromatic N) is 14. The van der Waals surface area contributed by atoms with Crippen molar-refractivity contribution in [3.8, 4) is 22.7 Å². The quantitative estimate of drug-likeness (QED) is 0.0387. The van der Waals surface area contributed by atoms with Crippen LogP contribution in [0.15, 0.2) is 133 Å². The van der Waals surface area contributed by atoms with Gasteiger partial charge in [0.1, 0.15) is 0 Å². The lowest BCUT2D eigenvalue weighted by atomic mass is 9.91. The Hall–Kier alpha value is -10.3. The average Bonchev–Trinajstić information content (AvgIpc) is 1.61. The fourth-order valence-corrected chi connectivity index (χ4v) is 14.5. The highest BCUT2D eigenvalue weighted by Crippen LogP contribution is 2.36. The topological polar surface area (TPSA) is 235 Å². The van der Waals surface area contributed by atoms with E-state index in [0.29, 0.717) is 100.0 Å². The Balaban J connectivity index is 0.000000153. The summed E-state index contributed by atoms with van der Waals surface area (Å²) in [5.41, 5.74) is 19.5. The number of rotatable bonds is 21. The van der Waals surface area contributed by atoms with Crippen LogP contribution in [0.1, 0.15) is 144 Å². The minimum atomic E-state index is -1.08. The third-order valence-electron chi connectivity index (χ3n) is 19.2. The van der Waals surface area contributed by atoms with Crippen LogP contribution in [0.25, 0.3) is 70.4 Å². The van der Waals surface area contributed by atoms with Gasteiger partial charge >= 0.3 is 5.97 Å². The Labute approximate surface area is 596 Å². The highest BCUT2D eigenvalue weighted by molar-refractivity contribution is 9.10. The second-order valence-electron chi connectivity index (χ2n) is 26.0. The van der Waals surface area contributed by atoms with Crippen molar-refractivity contribution >= 4 is 95.3 Å². The number of pyridine rings is 3. The zero-order chi connectivity index (χ0) is 71.3. The van der Waals surface area contributed by atoms with Gasteiger partial charge in [-0.25, -0.2) is 19.5 Å². The molecule has 10 heterocycles. The first-order chi connectivity index (χ1) is 48.9. The Bertz CT molecular complexity index is 4790. The summed E-state index contributed by atoms with van der Waals surface area (Å²) >= 11 is 3.52. The summed E-state index contributed by atoms with van der Waals surface area (Å²) < 4.78 is 13.8. The van der Waals surface area contributed by atoms with Crippen molar-refractivity contribution in [2.24, 2.45) is 11.7 Å². The van der Waals surface area contributed by atoms with Crippen molar-refractivity contribution < 1.29 is 33.8 Å². The number of nitrogens with two attached hydrogens (primary N) is 1. The van der Waals surface area contributed by atoms with Gasteiger partial charge < -0.3 is 33.8 Å². The Morgan fingerprint density at radius 3 is 1.44 bits per heavy atom. The number of hydrogen-bond acceptors (Lipinski definition) is 14. The first kappa shape index (κ1) is 71.9. The number of Topliss-reactive ketones (excluding diaryl/α,β-unsaturated/α-hetero) is 3. The zero-order valence-electron chi connectivity index (χ0n) is 57.4. The molecule has 0 bridgehead atoms. The molecule has 0 radical (unpaired) electrons. The van der Waals surface area contributed by atoms with E-state index in [1.165, 1.54) is 19.0 Å². The maximum Gasteiger partial charge on any atom is 0.305 e. The number of aromatic nitrogens is 8. The summed E-state index contributed by atoms with van der Waals surface area (Å²) in [5.74, 6) is 0.0542. The molecule has 7 aromatic heterocycles. The van der Waals surface area contributed by atoms with Gasteiger partial charge in [-0.05, 0) is 195 Å². The number of aliphatic hydroxyl groups excluding tert-OH is 1. The maximum absolute atomic E-state index is 13.6. The van der Waals surface area contributed by atoms with Gasteiger partial charge in [0.05, 0.1) is 126 Å². The van der Waals surface area contributed by atoms with Crippen LogP contribution in [-0.4, -0.2) is 153 Å². The molecule has 3 fully saturated rings. The van der Waals surface area contributed by atoms with Gasteiger partial charge in [-0.2, -0.15) is 0 Å². The molecule has 3 aliphatic rings. The first-order valence-corrected chi connectivity index (χ1v) is 35.2. The third kappa shape index (κ3) is 16.8. The number of ketones is 3. The van der Waals surface area contributed by atoms with Gasteiger partial charge in [0.15, 0.2) is 34.4 Å². The molecule has 23 heteroatoms. The molecule has 1 unspecified atom stereocenters. The molecule has 3 aromatic carbocycles. The number of primary amides is 1. The number of imidazole rings is 1. The molecule has 0 aliphatic carbocycles. The SMILES string of the molecule is [C-]#[N+]c1ccc(-n2c(C)c(C(=O)CN3CCC(CCCC(=O)OCC)CC3)c3ncc(Br)cc32)cc1.[C-]#[N+]c1ccc(-n2c(C)c(C(=O)CN3CCCCC3)c3ncc(-n4ccnc4)cc32)cc1.[C-]#[N+]c1ccc(-n2c(C)c(C(=O)CN3CCCCC3)c3ncc(C(O)CC(N)=O)cc32)cc1. The molecule has 518 valence electrons. The molecule has 3 saturated heterocycles. The highest BCUT2D eigenvalue weighted by atomic mass is 79.9. The molecular weight excluding hydrogens is 1340 g/mol. The molecular formula is C78H82BrN15O7. The zero-order valence-corrected chi connectivity index (χ0v) is 59.0. The van der Waals surface area contributed by atoms with Crippen molar-refractivity contribution in [1.82, 2.24) is 52.9 Å². The van der Waals surface area contributed by atoms with Crippen LogP contribution >= 0.6 is 15.9 Å². The number of ether oxygens (including phenoxy) is 1. The van der Waals surface area contributed by atoms with Crippen molar-refractivity contribution in [2.75, 3.05) is 65.5 Å². The fraction of sp³-hybridized carbons (Fsp3) is 0.359. The molecule has 10 aromatic rings. The second kappa shape index (κ2) is 33.2. The Morgan fingerprint density at radius 1 is 0.584 bits per heavy atom. The van der Waals surface area contributed by atoms with E-state index in [1.807, 2.05) is 96.1 Å². The van der Waals surface area contributed by atoms with Crippen molar-refractivity contribution in [2.45, 2.75) is 111 Å². The van der Waals surface area contributed by atoms with Gasteiger partial charge in [-0.1, -0.05) is 49.2 Å². The van der Waals surface area contributed by atoms with E-state index in [4.69, 9.17) is 35.2 Å². The number of benzene rings is 3. The van der Waals surface area contributed by atoms with Crippen LogP contribution < -0.4 is 5.73 Å². The second-order valence-corrected chi connectivity index (χ2v) is 26.9. The molecule has 22 nitrogen and oxygen atoms in total. The molecule has 1 amide bonds. The minimum absolute atomic E-state index is 0.00821. The van der Waals surface area contributed by atoms with Crippen LogP contribution in [0.3, 0.4) is 0 Å². The molecule has 13 rings (SSSR count). The summed E-state index contributed by atoms with van der Waals surface area (Å²) in [6, 6.07) is 27.7. The molecule has 0 spiro atoms. The van der Waals surface area contributed by atoms with Crippen LogP contribution in [0.2, 0.25) is 0 Å². The molecule has 101 heavy (non-hydrogen) atoms. The first-order valence-electron chi connectivity index (χ1n) is 34.4. The standard InChI is InChI=1S/C28H31BrN4O3.C25H24N6O.C25H27N5O3/c1-4-36-26(35)7-5-6-20-12-14-32(15-13-20)18-25(34)27-19(2)33(23-10-8-22(30-3)9-11-23)24-16-21(29)17-31-28(24)27;1-18-24(23(32)16-29-11-4-3-5-12-29)25-22(14-21(15-28-25)30-13-10-27-17-30)31(18)20-8-6-19(26-2)7-9-20;1-16-24(22(32)15-29-10-4-3-5-11-29)25-20(12-17(14-28-25)21(31)13-23(26)33)30(16)19-8-6-18(27-2)7-9-19/h8-11,16-17,20H,4-7,12-15,18H2,1-2H3;6-10,13-15,17H,3-5,11-12,16H2,1H3;6-9,12,14,21,31H,3-5,10-11,13,15H2,1H3,(H2,26,33). The molecule has 3 aliphatic heterocycles. The number of amides is 1. The minimum Gasteiger partial charge on any atom is -0.466 e. The number of fused-ring (bicyclic) bond motifs is 3. The number of hydrogen-bond donors (Lipinski definition) is 2. The van der Waals surface area contributed by atoms with Crippen molar-refractivity contribution in [3.05, 3.63) is 206 Å². The predicted molar refractivity (Wildman–Crippen MR) is 393 cm³/mol. The van der Waals surface area contributed by atoms with E-state index in [1.54, 1.807) is 67.4 Å². The molecule has 0 saturated carbocycles. The van der Waals surface area contributed by atoms with Crippen LogP contribution in [0.4, 0.5) is 17.1 Å². The van der Waals surface area contributed by atoms with Crippen LogP contribution in [0, 0.1) is 46.4 Å². The monoisotopic (exact) mass is 1420 g/mol. The van der Waals surface area contributed by atoms with Crippen LogP contribution in [0.5, 0.6) is 0 Å². The summed E-state index contributed by atoms with van der Waals surface area (Å²) in [6.45, 7) is 36.4. The lowest BCUT2D eigenvalue weighted by Gasteiger charge is -2.31. The van der Waals surface area contributed by atoms with E-state index in [-0.39, 0.29) is 29.7 Å². The summed E-state index contributed by atoms with van der Waals surface area (Å²) in [4.78, 5) is 98.4. The number of aliphatic hydroxyl groups is 1. The van der Waals surface area contributed by atoms with Gasteiger partial charge in [0.2, 0.25) is 5.91 Å². The normalized spacial score (nSPS) is 14.8. The van der Waals surface area contributed by atoms with E-state index in [9.17, 15) is 29.1 Å². The van der Waals surface area contributed by atoms with Crippen molar-refractivity contribution in [1.29, 1.82) is 0 Å². The number of esters is 1. The fourth-order valence-electron chi connectivity index (χ4n) is 14.2. The summed E-state index contributed by atoms with van der Waals surface area (Å²) in [5, 5.41) is 10.4. The van der Waals surface area contributed by atoms with Gasteiger partial charge in [0.25, 0.3) is 0 Å². The Morgan fingerprint density at radius 2 is 1.01 bits per heavy atom. The number of carbonyl (C=O) groups is 5. The highest BCUT2D eigenvalue weighted by Gasteiger charge is 2.30. The van der Waals surface area contributed by atoms with Gasteiger partial charge in [-0.3, -0.25) is 53.6 Å². The van der Waals surface area contributed by atoms with Gasteiger partial charge in [0, 0.05) is 75.4 Å². The van der Waals surface area contributed by atoms with E-state index >= 15 is 0 Å².